The summed E-state index contributed by atoms with van der Waals surface area (Å²) in [6.07, 6.45) is -3.74. The van der Waals surface area contributed by atoms with Gasteiger partial charge in [-0.05, 0) is 30.5 Å². The summed E-state index contributed by atoms with van der Waals surface area (Å²) in [7, 11) is 0. The fourth-order valence-electron chi connectivity index (χ4n) is 2.62. The Kier molecular flexibility index (Phi) is 6.04. The molecule has 24 heavy (non-hydrogen) atoms. The summed E-state index contributed by atoms with van der Waals surface area (Å²) in [5.41, 5.74) is 1.17. The third kappa shape index (κ3) is 5.67. The van der Waals surface area contributed by atoms with Crippen LogP contribution in [0.2, 0.25) is 0 Å². The van der Waals surface area contributed by atoms with Gasteiger partial charge in [-0.15, -0.1) is 0 Å². The summed E-state index contributed by atoms with van der Waals surface area (Å²) in [4.78, 5) is 15.0. The largest absolute Gasteiger partial charge is 0.401 e. The molecule has 2 amide bonds. The number of hydrogen-bond donors (Lipinski definition) is 1. The zero-order valence-electron chi connectivity index (χ0n) is 13.5. The van der Waals surface area contributed by atoms with Gasteiger partial charge in [0.2, 0.25) is 0 Å². The van der Waals surface area contributed by atoms with Crippen LogP contribution in [0.5, 0.6) is 0 Å². The maximum atomic E-state index is 13.5. The molecule has 134 valence electrons. The highest BCUT2D eigenvalue weighted by Gasteiger charge is 2.31. The summed E-state index contributed by atoms with van der Waals surface area (Å²) in [5, 5.41) is 2.69. The molecule has 0 spiro atoms. The number of rotatable bonds is 3. The minimum absolute atomic E-state index is 0.179. The third-order valence-electron chi connectivity index (χ3n) is 3.96. The standard InChI is InChI=1S/C16H21F4N3O/c1-12-3-4-13(9-14(12)17)10-21-15(24)23-6-2-5-22(7-8-23)11-16(18,19)20/h3-4,9H,2,5-8,10-11H2,1H3,(H,21,24). The van der Waals surface area contributed by atoms with Crippen molar-refractivity contribution < 1.29 is 22.4 Å². The Labute approximate surface area is 138 Å². The fourth-order valence-corrected chi connectivity index (χ4v) is 2.62. The fraction of sp³-hybridized carbons (Fsp3) is 0.562. The minimum atomic E-state index is -4.23. The smallest absolute Gasteiger partial charge is 0.334 e. The van der Waals surface area contributed by atoms with E-state index in [-0.39, 0.29) is 31.5 Å². The van der Waals surface area contributed by atoms with E-state index in [4.69, 9.17) is 0 Å². The molecule has 1 fully saturated rings. The molecule has 2 rings (SSSR count). The molecular weight excluding hydrogens is 326 g/mol. The van der Waals surface area contributed by atoms with Crippen LogP contribution in [-0.2, 0) is 6.54 Å². The van der Waals surface area contributed by atoms with Crippen LogP contribution in [0.3, 0.4) is 0 Å². The van der Waals surface area contributed by atoms with Gasteiger partial charge in [0.05, 0.1) is 6.54 Å². The molecule has 0 saturated carbocycles. The number of carbonyl (C=O) groups is 1. The van der Waals surface area contributed by atoms with Gasteiger partial charge in [-0.1, -0.05) is 12.1 Å². The van der Waals surface area contributed by atoms with Crippen LogP contribution >= 0.6 is 0 Å². The Morgan fingerprint density at radius 2 is 1.96 bits per heavy atom. The van der Waals surface area contributed by atoms with Gasteiger partial charge in [0, 0.05) is 32.7 Å². The van der Waals surface area contributed by atoms with Gasteiger partial charge in [-0.2, -0.15) is 13.2 Å². The summed E-state index contributed by atoms with van der Waals surface area (Å²) < 4.78 is 50.8. The van der Waals surface area contributed by atoms with E-state index in [2.05, 4.69) is 5.32 Å². The monoisotopic (exact) mass is 347 g/mol. The van der Waals surface area contributed by atoms with E-state index in [0.717, 1.165) is 0 Å². The molecule has 0 aromatic heterocycles. The number of benzene rings is 1. The number of aryl methyl sites for hydroxylation is 1. The van der Waals surface area contributed by atoms with Gasteiger partial charge in [-0.25, -0.2) is 9.18 Å². The maximum Gasteiger partial charge on any atom is 0.401 e. The molecule has 1 aliphatic rings. The third-order valence-corrected chi connectivity index (χ3v) is 3.96. The number of carbonyl (C=O) groups excluding carboxylic acids is 1. The lowest BCUT2D eigenvalue weighted by atomic mass is 10.1. The highest BCUT2D eigenvalue weighted by atomic mass is 19.4. The van der Waals surface area contributed by atoms with Crippen molar-refractivity contribution in [3.8, 4) is 0 Å². The van der Waals surface area contributed by atoms with E-state index in [9.17, 15) is 22.4 Å². The van der Waals surface area contributed by atoms with Crippen molar-refractivity contribution in [3.63, 3.8) is 0 Å². The number of amides is 2. The Balaban J connectivity index is 1.83. The number of nitrogens with zero attached hydrogens (tertiary/aromatic N) is 2. The van der Waals surface area contributed by atoms with Crippen LogP contribution in [0.4, 0.5) is 22.4 Å². The van der Waals surface area contributed by atoms with E-state index in [0.29, 0.717) is 30.6 Å². The Hall–Kier alpha value is -1.83. The second-order valence-electron chi connectivity index (χ2n) is 5.97. The van der Waals surface area contributed by atoms with Crippen LogP contribution in [0.25, 0.3) is 0 Å². The Morgan fingerprint density at radius 1 is 1.21 bits per heavy atom. The van der Waals surface area contributed by atoms with Gasteiger partial charge in [0.1, 0.15) is 5.82 Å². The van der Waals surface area contributed by atoms with Crippen molar-refractivity contribution in [1.82, 2.24) is 15.1 Å². The second-order valence-corrected chi connectivity index (χ2v) is 5.97. The topological polar surface area (TPSA) is 35.6 Å². The molecule has 0 radical (unpaired) electrons. The molecule has 0 aliphatic carbocycles. The SMILES string of the molecule is Cc1ccc(CNC(=O)N2CCCN(CC(F)(F)F)CC2)cc1F. The minimum Gasteiger partial charge on any atom is -0.334 e. The molecule has 1 aromatic carbocycles. The number of hydrogen-bond acceptors (Lipinski definition) is 2. The van der Waals surface area contributed by atoms with Crippen molar-refractivity contribution >= 4 is 6.03 Å². The highest BCUT2D eigenvalue weighted by molar-refractivity contribution is 5.74. The second kappa shape index (κ2) is 7.83. The van der Waals surface area contributed by atoms with E-state index >= 15 is 0 Å². The highest BCUT2D eigenvalue weighted by Crippen LogP contribution is 2.17. The van der Waals surface area contributed by atoms with Crippen LogP contribution in [-0.4, -0.2) is 54.7 Å². The molecule has 8 heteroatoms. The summed E-state index contributed by atoms with van der Waals surface area (Å²) in [6, 6.07) is 4.39. The van der Waals surface area contributed by atoms with Crippen LogP contribution in [0, 0.1) is 12.7 Å². The predicted molar refractivity (Wildman–Crippen MR) is 82.1 cm³/mol. The zero-order chi connectivity index (χ0) is 17.7. The molecule has 1 heterocycles. The lowest BCUT2D eigenvalue weighted by molar-refractivity contribution is -0.145. The normalized spacial score (nSPS) is 16.8. The first-order valence-corrected chi connectivity index (χ1v) is 7.81. The van der Waals surface area contributed by atoms with Crippen molar-refractivity contribution in [2.45, 2.75) is 26.1 Å². The van der Waals surface area contributed by atoms with Gasteiger partial charge >= 0.3 is 12.2 Å². The Morgan fingerprint density at radius 3 is 2.62 bits per heavy atom. The Bertz CT molecular complexity index is 577. The molecule has 4 nitrogen and oxygen atoms in total. The number of urea groups is 1. The molecule has 1 aliphatic heterocycles. The number of alkyl halides is 3. The van der Waals surface area contributed by atoms with Crippen LogP contribution < -0.4 is 5.32 Å². The van der Waals surface area contributed by atoms with Gasteiger partial charge in [0.15, 0.2) is 0 Å². The molecule has 1 saturated heterocycles. The first-order valence-electron chi connectivity index (χ1n) is 7.81. The van der Waals surface area contributed by atoms with Crippen LogP contribution in [0.15, 0.2) is 18.2 Å². The van der Waals surface area contributed by atoms with E-state index < -0.39 is 12.7 Å². The lowest BCUT2D eigenvalue weighted by Gasteiger charge is -2.23. The quantitative estimate of drug-likeness (QED) is 0.854. The molecule has 1 N–H and O–H groups in total. The van der Waals surface area contributed by atoms with E-state index in [1.54, 1.807) is 19.1 Å². The number of halogens is 4. The molecule has 0 atom stereocenters. The first kappa shape index (κ1) is 18.5. The summed E-state index contributed by atoms with van der Waals surface area (Å²) in [5.74, 6) is -0.334. The van der Waals surface area contributed by atoms with Crippen molar-refractivity contribution in [1.29, 1.82) is 0 Å². The maximum absolute atomic E-state index is 13.5. The van der Waals surface area contributed by atoms with Gasteiger partial charge in [-0.3, -0.25) is 4.90 Å². The lowest BCUT2D eigenvalue weighted by Crippen LogP contribution is -2.42. The molecular formula is C16H21F4N3O. The van der Waals surface area contributed by atoms with Gasteiger partial charge < -0.3 is 10.2 Å². The van der Waals surface area contributed by atoms with Gasteiger partial charge in [0.25, 0.3) is 0 Å². The molecule has 0 unspecified atom stereocenters. The van der Waals surface area contributed by atoms with Crippen molar-refractivity contribution in [3.05, 3.63) is 35.1 Å². The molecule has 1 aromatic rings. The van der Waals surface area contributed by atoms with Crippen LogP contribution in [0.1, 0.15) is 17.5 Å². The van der Waals surface area contributed by atoms with E-state index in [1.165, 1.54) is 15.9 Å². The van der Waals surface area contributed by atoms with Crippen molar-refractivity contribution in [2.75, 3.05) is 32.7 Å². The van der Waals surface area contributed by atoms with Crippen molar-refractivity contribution in [2.24, 2.45) is 0 Å². The summed E-state index contributed by atoms with van der Waals surface area (Å²) in [6.45, 7) is 2.02. The number of nitrogens with one attached hydrogen (secondary N) is 1. The molecule has 0 bridgehead atoms. The average molecular weight is 347 g/mol. The average Bonchev–Trinajstić information content (AvgIpc) is 2.72. The predicted octanol–water partition coefficient (Wildman–Crippen LogP) is 2.91. The summed E-state index contributed by atoms with van der Waals surface area (Å²) >= 11 is 0. The first-order chi connectivity index (χ1) is 11.2. The van der Waals surface area contributed by atoms with E-state index in [1.807, 2.05) is 0 Å². The zero-order valence-corrected chi connectivity index (χ0v) is 13.5.